The van der Waals surface area contributed by atoms with Crippen LogP contribution in [0, 0.1) is 0 Å². The van der Waals surface area contributed by atoms with E-state index in [1.165, 1.54) is 11.6 Å². The maximum absolute atomic E-state index is 9.57. The molecule has 0 heterocycles. The van der Waals surface area contributed by atoms with E-state index < -0.39 is 0 Å². The fraction of sp³-hybridized carbons (Fsp3) is 1.00. The molecule has 4 heteroatoms. The van der Waals surface area contributed by atoms with Crippen LogP contribution in [0.15, 0.2) is 0 Å². The summed E-state index contributed by atoms with van der Waals surface area (Å²) in [5, 5.41) is 0. The van der Waals surface area contributed by atoms with E-state index in [-0.39, 0.29) is 0 Å². The Morgan fingerprint density at radius 2 is 2.50 bits per heavy atom. The summed E-state index contributed by atoms with van der Waals surface area (Å²) >= 11 is 3.47. The SMILES string of the molecule is CC(I)SB=O. The molecule has 0 aliphatic heterocycles. The second kappa shape index (κ2) is 4.11. The zero-order valence-electron chi connectivity index (χ0n) is 3.35. The third-order valence-electron chi connectivity index (χ3n) is 0.243. The summed E-state index contributed by atoms with van der Waals surface area (Å²) in [7, 11) is 0. The number of alkyl halides is 1. The van der Waals surface area contributed by atoms with Crippen molar-refractivity contribution in [2.24, 2.45) is 0 Å². The summed E-state index contributed by atoms with van der Waals surface area (Å²) in [5.41, 5.74) is 0. The molecule has 1 nitrogen and oxygen atoms in total. The van der Waals surface area contributed by atoms with Crippen molar-refractivity contribution in [3.8, 4) is 0 Å². The summed E-state index contributed by atoms with van der Waals surface area (Å²) in [6.07, 6.45) is 0.858. The predicted octanol–water partition coefficient (Wildman–Crippen LogP) is 1.47. The van der Waals surface area contributed by atoms with Gasteiger partial charge in [-0.15, -0.1) is 0 Å². The first-order valence-corrected chi connectivity index (χ1v) is 3.69. The Balaban J connectivity index is 2.81. The van der Waals surface area contributed by atoms with Crippen LogP contribution in [0.5, 0.6) is 0 Å². The van der Waals surface area contributed by atoms with Crippen molar-refractivity contribution in [3.63, 3.8) is 0 Å². The molecule has 0 aliphatic rings. The molecule has 0 bridgehead atoms. The van der Waals surface area contributed by atoms with Crippen molar-refractivity contribution in [1.29, 1.82) is 0 Å². The van der Waals surface area contributed by atoms with Crippen LogP contribution in [0.4, 0.5) is 0 Å². The van der Waals surface area contributed by atoms with Gasteiger partial charge in [-0.05, 0) is 0 Å². The third kappa shape index (κ3) is 4.94. The van der Waals surface area contributed by atoms with Gasteiger partial charge in [-0.25, -0.2) is 0 Å². The van der Waals surface area contributed by atoms with Gasteiger partial charge in [0.1, 0.15) is 0 Å². The average Bonchev–Trinajstić information content (AvgIpc) is 1.35. The van der Waals surface area contributed by atoms with E-state index in [1.54, 1.807) is 0 Å². The molecule has 0 fully saturated rings. The zero-order valence-corrected chi connectivity index (χ0v) is 6.32. The van der Waals surface area contributed by atoms with Gasteiger partial charge in [-0.3, -0.25) is 0 Å². The van der Waals surface area contributed by atoms with Crippen LogP contribution in [0.2, 0.25) is 0 Å². The monoisotopic (exact) mass is 214 g/mol. The van der Waals surface area contributed by atoms with E-state index in [4.69, 9.17) is 0 Å². The molecule has 0 saturated carbocycles. The molecule has 0 aromatic heterocycles. The first-order chi connectivity index (χ1) is 2.77. The number of hydrogen-bond donors (Lipinski definition) is 0. The summed E-state index contributed by atoms with van der Waals surface area (Å²) < 4.78 is 9.99. The van der Waals surface area contributed by atoms with E-state index >= 15 is 0 Å². The van der Waals surface area contributed by atoms with E-state index in [1.807, 2.05) is 6.92 Å². The third-order valence-corrected chi connectivity index (χ3v) is 1.61. The molecule has 0 aromatic rings. The number of hydrogen-bond acceptors (Lipinski definition) is 2. The molecular weight excluding hydrogens is 210 g/mol. The fourth-order valence-corrected chi connectivity index (χ4v) is 0.589. The minimum absolute atomic E-state index is 0.417. The Labute approximate surface area is 55.6 Å². The van der Waals surface area contributed by atoms with Crippen molar-refractivity contribution in [3.05, 3.63) is 0 Å². The van der Waals surface area contributed by atoms with Crippen LogP contribution < -0.4 is 0 Å². The van der Waals surface area contributed by atoms with Crippen LogP contribution in [0.25, 0.3) is 0 Å². The van der Waals surface area contributed by atoms with Crippen LogP contribution in [-0.4, -0.2) is 9.69 Å². The minimum atomic E-state index is 0.417. The van der Waals surface area contributed by atoms with Crippen LogP contribution >= 0.6 is 34.2 Å². The molecule has 34 valence electrons. The molecule has 0 amide bonds. The van der Waals surface area contributed by atoms with Crippen molar-refractivity contribution in [2.45, 2.75) is 10.2 Å². The van der Waals surface area contributed by atoms with E-state index in [0.29, 0.717) is 3.26 Å². The molecule has 0 N–H and O–H groups in total. The van der Waals surface area contributed by atoms with Crippen molar-refractivity contribution < 1.29 is 4.70 Å². The summed E-state index contributed by atoms with van der Waals surface area (Å²) in [6, 6.07) is 0. The maximum atomic E-state index is 9.57. The summed E-state index contributed by atoms with van der Waals surface area (Å²) in [5.74, 6) is 0. The Hall–Kier alpha value is 0.945. The van der Waals surface area contributed by atoms with Gasteiger partial charge in [0.05, 0.1) is 0 Å². The van der Waals surface area contributed by atoms with E-state index in [9.17, 15) is 4.70 Å². The predicted molar refractivity (Wildman–Crippen MR) is 37.5 cm³/mol. The number of rotatable bonds is 2. The van der Waals surface area contributed by atoms with Crippen LogP contribution in [-0.2, 0) is 4.70 Å². The number of halogens is 1. The molecule has 0 saturated heterocycles. The summed E-state index contributed by atoms with van der Waals surface area (Å²) in [4.78, 5) is 0. The summed E-state index contributed by atoms with van der Waals surface area (Å²) in [6.45, 7) is 1.97. The van der Waals surface area contributed by atoms with Gasteiger partial charge >= 0.3 is 55.5 Å². The molecule has 0 radical (unpaired) electrons. The Kier molecular flexibility index (Phi) is 4.76. The molecule has 1 atom stereocenters. The second-order valence-electron chi connectivity index (χ2n) is 0.775. The van der Waals surface area contributed by atoms with Gasteiger partial charge in [0.2, 0.25) is 0 Å². The normalized spacial score (nSPS) is 13.0. The Morgan fingerprint density at radius 3 is 2.50 bits per heavy atom. The fourth-order valence-electron chi connectivity index (χ4n) is 0.0766. The average molecular weight is 214 g/mol. The van der Waals surface area contributed by atoms with Crippen molar-refractivity contribution in [2.75, 3.05) is 0 Å². The Morgan fingerprint density at radius 1 is 2.00 bits per heavy atom. The molecule has 6 heavy (non-hydrogen) atoms. The van der Waals surface area contributed by atoms with E-state index in [0.717, 1.165) is 6.43 Å². The van der Waals surface area contributed by atoms with Crippen molar-refractivity contribution >= 4 is 40.6 Å². The first-order valence-electron chi connectivity index (χ1n) is 1.50. The van der Waals surface area contributed by atoms with Gasteiger partial charge in [-0.2, -0.15) is 0 Å². The molecule has 0 rings (SSSR count). The van der Waals surface area contributed by atoms with Gasteiger partial charge < -0.3 is 0 Å². The topological polar surface area (TPSA) is 17.1 Å². The van der Waals surface area contributed by atoms with Gasteiger partial charge in [-0.1, -0.05) is 0 Å². The van der Waals surface area contributed by atoms with E-state index in [2.05, 4.69) is 22.6 Å². The molecule has 0 aliphatic carbocycles. The van der Waals surface area contributed by atoms with Gasteiger partial charge in [0.25, 0.3) is 0 Å². The standard InChI is InChI=1S/C2H4BIOS/c1-2(4)6-3-5/h2H,1H3. The van der Waals surface area contributed by atoms with Gasteiger partial charge in [0.15, 0.2) is 0 Å². The van der Waals surface area contributed by atoms with Crippen molar-refractivity contribution in [1.82, 2.24) is 0 Å². The molecule has 0 aromatic carbocycles. The van der Waals surface area contributed by atoms with Crippen LogP contribution in [0.1, 0.15) is 6.92 Å². The molecule has 0 spiro atoms. The van der Waals surface area contributed by atoms with Gasteiger partial charge in [0, 0.05) is 0 Å². The second-order valence-corrected chi connectivity index (χ2v) is 4.66. The molecular formula is C2H4BIOS. The zero-order chi connectivity index (χ0) is 4.99. The Bertz CT molecular complexity index is 48.8. The quantitative estimate of drug-likeness (QED) is 0.393. The molecule has 1 unspecified atom stereocenters. The van der Waals surface area contributed by atoms with Crippen LogP contribution in [0.3, 0.4) is 0 Å². The first kappa shape index (κ1) is 6.94.